The third-order valence-corrected chi connectivity index (χ3v) is 4.17. The molecular formula is C14H22N2O4S. The summed E-state index contributed by atoms with van der Waals surface area (Å²) in [4.78, 5) is 12.2. The summed E-state index contributed by atoms with van der Waals surface area (Å²) in [6, 6.07) is 4.69. The molecule has 0 heterocycles. The van der Waals surface area contributed by atoms with Crippen LogP contribution >= 0.6 is 0 Å². The van der Waals surface area contributed by atoms with Crippen molar-refractivity contribution in [1.29, 1.82) is 0 Å². The average Bonchev–Trinajstić information content (AvgIpc) is 2.42. The van der Waals surface area contributed by atoms with Crippen LogP contribution in [0.5, 0.6) is 5.75 Å². The number of benzene rings is 1. The van der Waals surface area contributed by atoms with E-state index in [0.717, 1.165) is 10.6 Å². The van der Waals surface area contributed by atoms with Gasteiger partial charge in [-0.3, -0.25) is 9.10 Å². The van der Waals surface area contributed by atoms with Crippen LogP contribution in [-0.4, -0.2) is 41.3 Å². The highest BCUT2D eigenvalue weighted by molar-refractivity contribution is 7.92. The number of methoxy groups -OCH3 is 1. The molecule has 0 bridgehead atoms. The van der Waals surface area contributed by atoms with E-state index in [-0.39, 0.29) is 5.91 Å². The van der Waals surface area contributed by atoms with Crippen molar-refractivity contribution in [2.24, 2.45) is 5.92 Å². The van der Waals surface area contributed by atoms with Gasteiger partial charge in [-0.05, 0) is 24.1 Å². The Bertz CT molecular complexity index is 611. The number of carbonyl (C=O) groups excluding carboxylic acids is 1. The fourth-order valence-corrected chi connectivity index (χ4v) is 2.15. The molecular weight excluding hydrogens is 292 g/mol. The quantitative estimate of drug-likeness (QED) is 0.863. The summed E-state index contributed by atoms with van der Waals surface area (Å²) in [5.74, 6) is 0.438. The van der Waals surface area contributed by atoms with E-state index in [1.54, 1.807) is 12.1 Å². The fraction of sp³-hybridized carbons (Fsp3) is 0.500. The fourth-order valence-electron chi connectivity index (χ4n) is 1.65. The summed E-state index contributed by atoms with van der Waals surface area (Å²) in [5, 5.41) is 2.79. The van der Waals surface area contributed by atoms with Gasteiger partial charge < -0.3 is 10.1 Å². The second-order valence-electron chi connectivity index (χ2n) is 5.22. The summed E-state index contributed by atoms with van der Waals surface area (Å²) >= 11 is 0. The van der Waals surface area contributed by atoms with Gasteiger partial charge in [0.25, 0.3) is 5.91 Å². The summed E-state index contributed by atoms with van der Waals surface area (Å²) in [5.41, 5.74) is 0.721. The smallest absolute Gasteiger partial charge is 0.255 e. The van der Waals surface area contributed by atoms with E-state index in [1.165, 1.54) is 20.2 Å². The van der Waals surface area contributed by atoms with Crippen molar-refractivity contribution < 1.29 is 17.9 Å². The summed E-state index contributed by atoms with van der Waals surface area (Å²) in [6.45, 7) is 4.52. The molecule has 21 heavy (non-hydrogen) atoms. The Hall–Kier alpha value is -1.76. The van der Waals surface area contributed by atoms with Gasteiger partial charge in [0.1, 0.15) is 5.75 Å². The number of nitrogens with zero attached hydrogens (tertiary/aromatic N) is 1. The molecule has 0 aliphatic carbocycles. The number of rotatable bonds is 6. The van der Waals surface area contributed by atoms with Gasteiger partial charge in [-0.1, -0.05) is 13.8 Å². The monoisotopic (exact) mass is 314 g/mol. The van der Waals surface area contributed by atoms with Crippen LogP contribution in [0.25, 0.3) is 0 Å². The molecule has 0 unspecified atom stereocenters. The molecule has 1 aromatic carbocycles. The van der Waals surface area contributed by atoms with Crippen molar-refractivity contribution in [3.05, 3.63) is 23.8 Å². The first-order chi connectivity index (χ1) is 9.66. The molecule has 0 fully saturated rings. The van der Waals surface area contributed by atoms with Gasteiger partial charge >= 0.3 is 0 Å². The van der Waals surface area contributed by atoms with E-state index >= 15 is 0 Å². The Morgan fingerprint density at radius 1 is 1.38 bits per heavy atom. The van der Waals surface area contributed by atoms with Gasteiger partial charge in [0, 0.05) is 13.6 Å². The zero-order valence-corrected chi connectivity index (χ0v) is 13.8. The molecule has 7 heteroatoms. The predicted molar refractivity (Wildman–Crippen MR) is 83.4 cm³/mol. The van der Waals surface area contributed by atoms with Crippen molar-refractivity contribution in [3.8, 4) is 5.75 Å². The molecule has 1 rings (SSSR count). The molecule has 1 N–H and O–H groups in total. The van der Waals surface area contributed by atoms with Crippen LogP contribution in [-0.2, 0) is 10.0 Å². The number of hydrogen-bond acceptors (Lipinski definition) is 4. The lowest BCUT2D eigenvalue weighted by Crippen LogP contribution is -2.29. The molecule has 1 aromatic rings. The predicted octanol–water partition coefficient (Wildman–Crippen LogP) is 1.48. The zero-order valence-electron chi connectivity index (χ0n) is 13.0. The highest BCUT2D eigenvalue weighted by Gasteiger charge is 2.18. The van der Waals surface area contributed by atoms with Crippen molar-refractivity contribution in [3.63, 3.8) is 0 Å². The number of carbonyl (C=O) groups is 1. The first-order valence-electron chi connectivity index (χ1n) is 6.57. The van der Waals surface area contributed by atoms with Crippen LogP contribution in [0.15, 0.2) is 18.2 Å². The van der Waals surface area contributed by atoms with Gasteiger partial charge in [-0.2, -0.15) is 0 Å². The zero-order chi connectivity index (χ0) is 16.2. The van der Waals surface area contributed by atoms with Crippen LogP contribution in [0.3, 0.4) is 0 Å². The Balaban J connectivity index is 3.14. The van der Waals surface area contributed by atoms with Crippen molar-refractivity contribution in [2.75, 3.05) is 31.3 Å². The minimum atomic E-state index is -3.38. The lowest BCUT2D eigenvalue weighted by atomic mass is 10.1. The Kier molecular flexibility index (Phi) is 5.60. The van der Waals surface area contributed by atoms with Crippen LogP contribution in [0.2, 0.25) is 0 Å². The first kappa shape index (κ1) is 17.3. The number of ether oxygens (including phenoxy) is 1. The second kappa shape index (κ2) is 6.80. The van der Waals surface area contributed by atoms with Gasteiger partial charge in [0.2, 0.25) is 10.0 Å². The van der Waals surface area contributed by atoms with Gasteiger partial charge in [-0.25, -0.2) is 8.42 Å². The molecule has 0 radical (unpaired) electrons. The number of anilines is 1. The third-order valence-electron chi connectivity index (χ3n) is 2.96. The molecule has 6 nitrogen and oxygen atoms in total. The molecule has 0 aliphatic rings. The molecule has 0 aromatic heterocycles. The van der Waals surface area contributed by atoms with E-state index < -0.39 is 10.0 Å². The topological polar surface area (TPSA) is 75.7 Å². The lowest BCUT2D eigenvalue weighted by molar-refractivity contribution is 0.0946. The number of nitrogens with one attached hydrogen (secondary N) is 1. The molecule has 0 saturated heterocycles. The third kappa shape index (κ3) is 4.63. The van der Waals surface area contributed by atoms with Crippen molar-refractivity contribution in [1.82, 2.24) is 5.32 Å². The van der Waals surface area contributed by atoms with Crippen LogP contribution < -0.4 is 14.4 Å². The van der Waals surface area contributed by atoms with Gasteiger partial charge in [-0.15, -0.1) is 0 Å². The SMILES string of the molecule is COc1ccc(N(C)S(C)(=O)=O)cc1C(=O)NCC(C)C. The second-order valence-corrected chi connectivity index (χ2v) is 7.23. The van der Waals surface area contributed by atoms with Crippen LogP contribution in [0.4, 0.5) is 5.69 Å². The summed E-state index contributed by atoms with van der Waals surface area (Å²) < 4.78 is 29.4. The molecule has 0 saturated carbocycles. The molecule has 0 atom stereocenters. The van der Waals surface area contributed by atoms with E-state index in [4.69, 9.17) is 4.74 Å². The highest BCUT2D eigenvalue weighted by Crippen LogP contribution is 2.25. The Labute approximate surface area is 126 Å². The number of sulfonamides is 1. The van der Waals surface area contributed by atoms with Gasteiger partial charge in [0.05, 0.1) is 24.6 Å². The van der Waals surface area contributed by atoms with E-state index in [2.05, 4.69) is 5.32 Å². The van der Waals surface area contributed by atoms with Crippen LogP contribution in [0.1, 0.15) is 24.2 Å². The maximum atomic E-state index is 12.2. The Morgan fingerprint density at radius 3 is 2.48 bits per heavy atom. The van der Waals surface area contributed by atoms with E-state index in [0.29, 0.717) is 29.5 Å². The number of hydrogen-bond donors (Lipinski definition) is 1. The van der Waals surface area contributed by atoms with Crippen molar-refractivity contribution >= 4 is 21.6 Å². The summed E-state index contributed by atoms with van der Waals surface area (Å²) in [6.07, 6.45) is 1.11. The minimum absolute atomic E-state index is 0.288. The minimum Gasteiger partial charge on any atom is -0.496 e. The standard InChI is InChI=1S/C14H22N2O4S/c1-10(2)9-15-14(17)12-8-11(6-7-13(12)20-4)16(3)21(5,18)19/h6-8,10H,9H2,1-5H3,(H,15,17). The summed E-state index contributed by atoms with van der Waals surface area (Å²) in [7, 11) is -0.479. The maximum absolute atomic E-state index is 12.2. The normalized spacial score (nSPS) is 11.3. The van der Waals surface area contributed by atoms with Crippen LogP contribution in [0, 0.1) is 5.92 Å². The number of amides is 1. The van der Waals surface area contributed by atoms with Crippen molar-refractivity contribution in [2.45, 2.75) is 13.8 Å². The van der Waals surface area contributed by atoms with Gasteiger partial charge in [0.15, 0.2) is 0 Å². The molecule has 118 valence electrons. The molecule has 0 aliphatic heterocycles. The maximum Gasteiger partial charge on any atom is 0.255 e. The molecule has 0 spiro atoms. The lowest BCUT2D eigenvalue weighted by Gasteiger charge is -2.19. The largest absolute Gasteiger partial charge is 0.496 e. The average molecular weight is 314 g/mol. The first-order valence-corrected chi connectivity index (χ1v) is 8.41. The molecule has 1 amide bonds. The highest BCUT2D eigenvalue weighted by atomic mass is 32.2. The Morgan fingerprint density at radius 2 is 2.00 bits per heavy atom. The van der Waals surface area contributed by atoms with E-state index in [1.807, 2.05) is 13.8 Å². The van der Waals surface area contributed by atoms with E-state index in [9.17, 15) is 13.2 Å².